The van der Waals surface area contributed by atoms with Gasteiger partial charge in [0.15, 0.2) is 6.10 Å². The molecule has 0 aliphatic carbocycles. The van der Waals surface area contributed by atoms with Gasteiger partial charge >= 0.3 is 5.97 Å². The predicted octanol–water partition coefficient (Wildman–Crippen LogP) is 0.956. The van der Waals surface area contributed by atoms with Crippen LogP contribution in [0.2, 0.25) is 0 Å². The Kier molecular flexibility index (Phi) is 4.86. The zero-order valence-corrected chi connectivity index (χ0v) is 7.33. The first-order valence-electron chi connectivity index (χ1n) is 3.83. The lowest BCUT2D eigenvalue weighted by Crippen LogP contribution is -2.21. The van der Waals surface area contributed by atoms with Gasteiger partial charge < -0.3 is 9.84 Å². The summed E-state index contributed by atoms with van der Waals surface area (Å²) in [5, 5.41) is 9.09. The first-order chi connectivity index (χ1) is 5.07. The van der Waals surface area contributed by atoms with Crippen LogP contribution in [0.15, 0.2) is 0 Å². The fourth-order valence-corrected chi connectivity index (χ4v) is 0.745. The second-order valence-electron chi connectivity index (χ2n) is 3.01. The highest BCUT2D eigenvalue weighted by Crippen LogP contribution is 2.07. The highest BCUT2D eigenvalue weighted by molar-refractivity contribution is 5.74. The van der Waals surface area contributed by atoms with Gasteiger partial charge in [-0.15, -0.1) is 0 Å². The maximum Gasteiger partial charge on any atom is 0.334 e. The molecule has 0 fully saturated rings. The van der Waals surface area contributed by atoms with Crippen molar-refractivity contribution >= 4 is 5.97 Å². The summed E-state index contributed by atoms with van der Waals surface area (Å²) in [7, 11) is 1.28. The van der Waals surface area contributed by atoms with E-state index in [1.807, 2.05) is 13.8 Å². The molecule has 0 radical (unpaired) electrons. The summed E-state index contributed by atoms with van der Waals surface area (Å²) >= 11 is 0. The summed E-state index contributed by atoms with van der Waals surface area (Å²) in [5.41, 5.74) is 0. The molecule has 0 amide bonds. The minimum absolute atomic E-state index is 0.490. The third-order valence-electron chi connectivity index (χ3n) is 1.49. The Morgan fingerprint density at radius 3 is 2.36 bits per heavy atom. The molecule has 0 aromatic rings. The maximum atomic E-state index is 10.7. The molecular formula is C8H16O3. The normalized spacial score (nSPS) is 13.2. The van der Waals surface area contributed by atoms with E-state index < -0.39 is 12.1 Å². The number of rotatable bonds is 4. The molecule has 0 aliphatic heterocycles. The lowest BCUT2D eigenvalue weighted by Gasteiger charge is -2.08. The summed E-state index contributed by atoms with van der Waals surface area (Å²) in [4.78, 5) is 10.7. The van der Waals surface area contributed by atoms with Crippen LogP contribution in [0.3, 0.4) is 0 Å². The van der Waals surface area contributed by atoms with Gasteiger partial charge in [-0.05, 0) is 18.8 Å². The van der Waals surface area contributed by atoms with Gasteiger partial charge in [0.05, 0.1) is 7.11 Å². The van der Waals surface area contributed by atoms with Gasteiger partial charge in [-0.25, -0.2) is 4.79 Å². The van der Waals surface area contributed by atoms with Crippen molar-refractivity contribution in [3.63, 3.8) is 0 Å². The van der Waals surface area contributed by atoms with Crippen LogP contribution >= 0.6 is 0 Å². The van der Waals surface area contributed by atoms with E-state index in [9.17, 15) is 4.79 Å². The minimum Gasteiger partial charge on any atom is -0.467 e. The SMILES string of the molecule is COC(=O)[C@@H](O)CCC(C)C. The second kappa shape index (κ2) is 5.13. The quantitative estimate of drug-likeness (QED) is 0.623. The lowest BCUT2D eigenvalue weighted by molar-refractivity contribution is -0.150. The maximum absolute atomic E-state index is 10.7. The molecule has 0 rings (SSSR count). The number of aliphatic hydroxyl groups is 1. The largest absolute Gasteiger partial charge is 0.467 e. The van der Waals surface area contributed by atoms with Crippen molar-refractivity contribution in [2.75, 3.05) is 7.11 Å². The number of methoxy groups -OCH3 is 1. The van der Waals surface area contributed by atoms with Crippen LogP contribution in [0, 0.1) is 5.92 Å². The summed E-state index contributed by atoms with van der Waals surface area (Å²) < 4.78 is 4.36. The molecule has 0 unspecified atom stereocenters. The topological polar surface area (TPSA) is 46.5 Å². The smallest absolute Gasteiger partial charge is 0.334 e. The summed E-state index contributed by atoms with van der Waals surface area (Å²) in [6.07, 6.45) is 0.392. The van der Waals surface area contributed by atoms with E-state index in [1.54, 1.807) is 0 Å². The fourth-order valence-electron chi connectivity index (χ4n) is 0.745. The number of carbonyl (C=O) groups is 1. The molecule has 11 heavy (non-hydrogen) atoms. The van der Waals surface area contributed by atoms with Crippen molar-refractivity contribution in [1.82, 2.24) is 0 Å². The second-order valence-corrected chi connectivity index (χ2v) is 3.01. The van der Waals surface area contributed by atoms with Crippen LogP contribution in [0.4, 0.5) is 0 Å². The number of aliphatic hydroxyl groups excluding tert-OH is 1. The van der Waals surface area contributed by atoms with Crippen molar-refractivity contribution in [2.24, 2.45) is 5.92 Å². The average Bonchev–Trinajstić information content (AvgIpc) is 1.98. The molecule has 0 bridgehead atoms. The Balaban J connectivity index is 3.52. The van der Waals surface area contributed by atoms with Gasteiger partial charge in [0.2, 0.25) is 0 Å². The van der Waals surface area contributed by atoms with Crippen LogP contribution in [0.5, 0.6) is 0 Å². The van der Waals surface area contributed by atoms with Gasteiger partial charge in [-0.2, -0.15) is 0 Å². The van der Waals surface area contributed by atoms with Crippen molar-refractivity contribution in [3.05, 3.63) is 0 Å². The van der Waals surface area contributed by atoms with Crippen LogP contribution in [-0.2, 0) is 9.53 Å². The minimum atomic E-state index is -0.942. The molecule has 1 N–H and O–H groups in total. The Bertz CT molecular complexity index is 121. The summed E-state index contributed by atoms with van der Waals surface area (Å²) in [5.74, 6) is -0.0278. The van der Waals surface area contributed by atoms with Gasteiger partial charge in [-0.1, -0.05) is 13.8 Å². The Morgan fingerprint density at radius 1 is 1.45 bits per heavy atom. The van der Waals surface area contributed by atoms with Crippen molar-refractivity contribution in [1.29, 1.82) is 0 Å². The molecular weight excluding hydrogens is 144 g/mol. The third kappa shape index (κ3) is 4.79. The predicted molar refractivity (Wildman–Crippen MR) is 42.1 cm³/mol. The highest BCUT2D eigenvalue weighted by atomic mass is 16.5. The molecule has 0 spiro atoms. The zero-order valence-electron chi connectivity index (χ0n) is 7.33. The third-order valence-corrected chi connectivity index (χ3v) is 1.49. The number of ether oxygens (including phenoxy) is 1. The fraction of sp³-hybridized carbons (Fsp3) is 0.875. The number of esters is 1. The summed E-state index contributed by atoms with van der Waals surface area (Å²) in [6, 6.07) is 0. The average molecular weight is 160 g/mol. The molecule has 66 valence electrons. The molecule has 0 saturated heterocycles. The Labute approximate surface area is 67.4 Å². The molecule has 0 heterocycles. The van der Waals surface area contributed by atoms with Crippen molar-refractivity contribution in [3.8, 4) is 0 Å². The van der Waals surface area contributed by atoms with Crippen molar-refractivity contribution < 1.29 is 14.6 Å². The van der Waals surface area contributed by atoms with E-state index in [2.05, 4.69) is 4.74 Å². The molecule has 0 saturated carbocycles. The van der Waals surface area contributed by atoms with Gasteiger partial charge in [-0.3, -0.25) is 0 Å². The zero-order chi connectivity index (χ0) is 8.85. The molecule has 3 heteroatoms. The highest BCUT2D eigenvalue weighted by Gasteiger charge is 2.14. The van der Waals surface area contributed by atoms with E-state index in [0.29, 0.717) is 12.3 Å². The summed E-state index contributed by atoms with van der Waals surface area (Å²) in [6.45, 7) is 4.09. The monoisotopic (exact) mass is 160 g/mol. The lowest BCUT2D eigenvalue weighted by atomic mass is 10.1. The van der Waals surface area contributed by atoms with Gasteiger partial charge in [0.25, 0.3) is 0 Å². The molecule has 0 aromatic heterocycles. The van der Waals surface area contributed by atoms with E-state index in [0.717, 1.165) is 6.42 Å². The van der Waals surface area contributed by atoms with Gasteiger partial charge in [0.1, 0.15) is 0 Å². The Morgan fingerprint density at radius 2 is 2.00 bits per heavy atom. The van der Waals surface area contributed by atoms with E-state index in [1.165, 1.54) is 7.11 Å². The molecule has 3 nitrogen and oxygen atoms in total. The van der Waals surface area contributed by atoms with Crippen LogP contribution in [0.25, 0.3) is 0 Å². The molecule has 0 aromatic carbocycles. The molecule has 0 aliphatic rings. The molecule has 1 atom stereocenters. The van der Waals surface area contributed by atoms with Gasteiger partial charge in [0, 0.05) is 0 Å². The number of hydrogen-bond donors (Lipinski definition) is 1. The van der Waals surface area contributed by atoms with Crippen molar-refractivity contribution in [2.45, 2.75) is 32.8 Å². The van der Waals surface area contributed by atoms with Crippen LogP contribution < -0.4 is 0 Å². The Hall–Kier alpha value is -0.570. The van der Waals surface area contributed by atoms with E-state index >= 15 is 0 Å². The first-order valence-corrected chi connectivity index (χ1v) is 3.83. The first kappa shape index (κ1) is 10.4. The van der Waals surface area contributed by atoms with E-state index in [-0.39, 0.29) is 0 Å². The number of carbonyl (C=O) groups excluding carboxylic acids is 1. The van der Waals surface area contributed by atoms with Crippen LogP contribution in [-0.4, -0.2) is 24.3 Å². The van der Waals surface area contributed by atoms with Crippen LogP contribution in [0.1, 0.15) is 26.7 Å². The standard InChI is InChI=1S/C8H16O3/c1-6(2)4-5-7(9)8(10)11-3/h6-7,9H,4-5H2,1-3H3/t7-/m0/s1. The van der Waals surface area contributed by atoms with E-state index in [4.69, 9.17) is 5.11 Å². The number of hydrogen-bond acceptors (Lipinski definition) is 3.